The van der Waals surface area contributed by atoms with Crippen LogP contribution in [0, 0.1) is 11.8 Å². The number of rotatable bonds is 4. The second kappa shape index (κ2) is 4.83. The van der Waals surface area contributed by atoms with Crippen molar-refractivity contribution in [3.05, 3.63) is 0 Å². The molecule has 1 N–H and O–H groups in total. The summed E-state index contributed by atoms with van der Waals surface area (Å²) in [7, 11) is 0. The molecule has 0 amide bonds. The molecule has 0 aromatic carbocycles. The minimum absolute atomic E-state index is 0.866. The van der Waals surface area contributed by atoms with Gasteiger partial charge in [-0.15, -0.1) is 0 Å². The van der Waals surface area contributed by atoms with Crippen molar-refractivity contribution in [2.75, 3.05) is 32.7 Å². The highest BCUT2D eigenvalue weighted by atomic mass is 15.1. The topological polar surface area (TPSA) is 15.3 Å². The molecular formula is C10H22N2. The second-order valence-corrected chi connectivity index (χ2v) is 3.88. The molecule has 2 unspecified atom stereocenters. The van der Waals surface area contributed by atoms with Gasteiger partial charge in [0.25, 0.3) is 0 Å². The molecule has 1 fully saturated rings. The first-order chi connectivity index (χ1) is 5.77. The van der Waals surface area contributed by atoms with Crippen LogP contribution in [0.3, 0.4) is 0 Å². The van der Waals surface area contributed by atoms with Gasteiger partial charge in [-0.2, -0.15) is 0 Å². The molecule has 1 heterocycles. The molecule has 0 spiro atoms. The Kier molecular flexibility index (Phi) is 4.02. The lowest BCUT2D eigenvalue weighted by atomic mass is 9.98. The Bertz CT molecular complexity index is 121. The lowest BCUT2D eigenvalue weighted by Gasteiger charge is -2.24. The molecule has 12 heavy (non-hydrogen) atoms. The van der Waals surface area contributed by atoms with E-state index >= 15 is 0 Å². The minimum Gasteiger partial charge on any atom is -0.316 e. The van der Waals surface area contributed by atoms with Crippen LogP contribution in [0.15, 0.2) is 0 Å². The minimum atomic E-state index is 0.866. The SMILES string of the molecule is CCN(CC)CC1CNCC1C. The summed E-state index contributed by atoms with van der Waals surface area (Å²) >= 11 is 0. The molecule has 0 bridgehead atoms. The van der Waals surface area contributed by atoms with Crippen LogP contribution in [0.25, 0.3) is 0 Å². The van der Waals surface area contributed by atoms with Gasteiger partial charge >= 0.3 is 0 Å². The van der Waals surface area contributed by atoms with Gasteiger partial charge in [0, 0.05) is 6.54 Å². The summed E-state index contributed by atoms with van der Waals surface area (Å²) in [5, 5.41) is 3.45. The van der Waals surface area contributed by atoms with E-state index in [-0.39, 0.29) is 0 Å². The lowest BCUT2D eigenvalue weighted by molar-refractivity contribution is 0.238. The van der Waals surface area contributed by atoms with E-state index < -0.39 is 0 Å². The third-order valence-corrected chi connectivity index (χ3v) is 3.06. The monoisotopic (exact) mass is 170 g/mol. The first-order valence-corrected chi connectivity index (χ1v) is 5.21. The van der Waals surface area contributed by atoms with Crippen molar-refractivity contribution in [2.45, 2.75) is 20.8 Å². The molecule has 0 aromatic heterocycles. The van der Waals surface area contributed by atoms with E-state index in [0.717, 1.165) is 11.8 Å². The summed E-state index contributed by atoms with van der Waals surface area (Å²) in [4.78, 5) is 2.52. The molecule has 1 aliphatic heterocycles. The maximum Gasteiger partial charge on any atom is 0.00246 e. The molecule has 1 aliphatic rings. The van der Waals surface area contributed by atoms with E-state index in [2.05, 4.69) is 31.0 Å². The molecule has 0 aromatic rings. The Balaban J connectivity index is 2.28. The molecule has 1 saturated heterocycles. The summed E-state index contributed by atoms with van der Waals surface area (Å²) in [6, 6.07) is 0. The van der Waals surface area contributed by atoms with Crippen molar-refractivity contribution >= 4 is 0 Å². The lowest BCUT2D eigenvalue weighted by Crippen LogP contribution is -2.32. The fraction of sp³-hybridized carbons (Fsp3) is 1.00. The Morgan fingerprint density at radius 3 is 2.33 bits per heavy atom. The van der Waals surface area contributed by atoms with Gasteiger partial charge in [0.05, 0.1) is 0 Å². The van der Waals surface area contributed by atoms with Crippen molar-refractivity contribution < 1.29 is 0 Å². The highest BCUT2D eigenvalue weighted by Crippen LogP contribution is 2.16. The summed E-state index contributed by atoms with van der Waals surface area (Å²) in [5.41, 5.74) is 0. The van der Waals surface area contributed by atoms with Crippen LogP contribution in [0.5, 0.6) is 0 Å². The molecule has 2 atom stereocenters. The number of hydrogen-bond donors (Lipinski definition) is 1. The third kappa shape index (κ3) is 2.46. The van der Waals surface area contributed by atoms with Gasteiger partial charge in [0.15, 0.2) is 0 Å². The second-order valence-electron chi connectivity index (χ2n) is 3.88. The highest BCUT2D eigenvalue weighted by molar-refractivity contribution is 4.80. The maximum absolute atomic E-state index is 3.45. The molecular weight excluding hydrogens is 148 g/mol. The van der Waals surface area contributed by atoms with E-state index in [9.17, 15) is 0 Å². The van der Waals surface area contributed by atoms with Crippen LogP contribution in [0.4, 0.5) is 0 Å². The van der Waals surface area contributed by atoms with Crippen LogP contribution in [-0.2, 0) is 0 Å². The number of nitrogens with zero attached hydrogens (tertiary/aromatic N) is 1. The highest BCUT2D eigenvalue weighted by Gasteiger charge is 2.23. The Hall–Kier alpha value is -0.0800. The summed E-state index contributed by atoms with van der Waals surface area (Å²) in [6.07, 6.45) is 0. The van der Waals surface area contributed by atoms with Gasteiger partial charge in [-0.05, 0) is 38.0 Å². The maximum atomic E-state index is 3.45. The summed E-state index contributed by atoms with van der Waals surface area (Å²) in [5.74, 6) is 1.75. The fourth-order valence-electron chi connectivity index (χ4n) is 1.92. The standard InChI is InChI=1S/C10H22N2/c1-4-12(5-2)8-10-7-11-6-9(10)3/h9-11H,4-8H2,1-3H3. The van der Waals surface area contributed by atoms with E-state index in [1.54, 1.807) is 0 Å². The van der Waals surface area contributed by atoms with Crippen LogP contribution in [0.2, 0.25) is 0 Å². The molecule has 2 heteroatoms. The third-order valence-electron chi connectivity index (χ3n) is 3.06. The molecule has 2 nitrogen and oxygen atoms in total. The van der Waals surface area contributed by atoms with Crippen LogP contribution >= 0.6 is 0 Å². The zero-order valence-electron chi connectivity index (χ0n) is 8.64. The van der Waals surface area contributed by atoms with Crippen molar-refractivity contribution in [1.82, 2.24) is 10.2 Å². The zero-order chi connectivity index (χ0) is 8.97. The number of hydrogen-bond acceptors (Lipinski definition) is 2. The van der Waals surface area contributed by atoms with E-state index in [0.29, 0.717) is 0 Å². The normalized spacial score (nSPS) is 30.0. The van der Waals surface area contributed by atoms with E-state index in [1.165, 1.54) is 32.7 Å². The predicted molar refractivity (Wildman–Crippen MR) is 53.3 cm³/mol. The van der Waals surface area contributed by atoms with Crippen molar-refractivity contribution in [2.24, 2.45) is 11.8 Å². The average Bonchev–Trinajstić information content (AvgIpc) is 2.47. The van der Waals surface area contributed by atoms with Gasteiger partial charge in [0.1, 0.15) is 0 Å². The Morgan fingerprint density at radius 1 is 1.25 bits per heavy atom. The van der Waals surface area contributed by atoms with Gasteiger partial charge in [-0.25, -0.2) is 0 Å². The van der Waals surface area contributed by atoms with Gasteiger partial charge in [0.2, 0.25) is 0 Å². The first kappa shape index (κ1) is 10.0. The van der Waals surface area contributed by atoms with Crippen LogP contribution < -0.4 is 5.32 Å². The molecule has 1 rings (SSSR count). The van der Waals surface area contributed by atoms with Crippen molar-refractivity contribution in [3.8, 4) is 0 Å². The number of nitrogens with one attached hydrogen (secondary N) is 1. The van der Waals surface area contributed by atoms with Gasteiger partial charge in [-0.1, -0.05) is 20.8 Å². The largest absolute Gasteiger partial charge is 0.316 e. The Morgan fingerprint density at radius 2 is 1.92 bits per heavy atom. The zero-order valence-corrected chi connectivity index (χ0v) is 8.64. The quantitative estimate of drug-likeness (QED) is 0.681. The summed E-state index contributed by atoms with van der Waals surface area (Å²) in [6.45, 7) is 12.9. The molecule has 0 aliphatic carbocycles. The first-order valence-electron chi connectivity index (χ1n) is 5.21. The predicted octanol–water partition coefficient (Wildman–Crippen LogP) is 1.18. The van der Waals surface area contributed by atoms with Crippen molar-refractivity contribution in [3.63, 3.8) is 0 Å². The van der Waals surface area contributed by atoms with E-state index in [1.807, 2.05) is 0 Å². The van der Waals surface area contributed by atoms with Crippen molar-refractivity contribution in [1.29, 1.82) is 0 Å². The van der Waals surface area contributed by atoms with Crippen LogP contribution in [0.1, 0.15) is 20.8 Å². The van der Waals surface area contributed by atoms with E-state index in [4.69, 9.17) is 0 Å². The smallest absolute Gasteiger partial charge is 0.00246 e. The molecule has 72 valence electrons. The molecule has 0 saturated carbocycles. The average molecular weight is 170 g/mol. The van der Waals surface area contributed by atoms with Gasteiger partial charge < -0.3 is 10.2 Å². The fourth-order valence-corrected chi connectivity index (χ4v) is 1.92. The summed E-state index contributed by atoms with van der Waals surface area (Å²) < 4.78 is 0. The molecule has 0 radical (unpaired) electrons. The van der Waals surface area contributed by atoms with Gasteiger partial charge in [-0.3, -0.25) is 0 Å². The Labute approximate surface area is 76.3 Å². The van der Waals surface area contributed by atoms with Crippen LogP contribution in [-0.4, -0.2) is 37.6 Å².